The van der Waals surface area contributed by atoms with Crippen molar-refractivity contribution in [3.05, 3.63) is 22.6 Å². The van der Waals surface area contributed by atoms with Crippen molar-refractivity contribution < 1.29 is 4.42 Å². The SMILES string of the molecule is CC1CCC1NCc1ccc(Br)o1. The summed E-state index contributed by atoms with van der Waals surface area (Å²) < 4.78 is 6.20. The molecule has 0 amide bonds. The van der Waals surface area contributed by atoms with Crippen LogP contribution in [-0.4, -0.2) is 6.04 Å². The van der Waals surface area contributed by atoms with Crippen molar-refractivity contribution in [2.45, 2.75) is 32.4 Å². The minimum Gasteiger partial charge on any atom is -0.453 e. The van der Waals surface area contributed by atoms with E-state index in [1.54, 1.807) is 0 Å². The summed E-state index contributed by atoms with van der Waals surface area (Å²) in [4.78, 5) is 0. The summed E-state index contributed by atoms with van der Waals surface area (Å²) in [6.45, 7) is 3.14. The minimum atomic E-state index is 0.698. The van der Waals surface area contributed by atoms with E-state index in [1.807, 2.05) is 12.1 Å². The molecule has 1 heterocycles. The highest BCUT2D eigenvalue weighted by Crippen LogP contribution is 2.26. The van der Waals surface area contributed by atoms with Crippen LogP contribution in [0.5, 0.6) is 0 Å². The normalized spacial score (nSPS) is 27.2. The summed E-state index contributed by atoms with van der Waals surface area (Å²) in [5.74, 6) is 1.84. The van der Waals surface area contributed by atoms with Gasteiger partial charge in [0.2, 0.25) is 0 Å². The fourth-order valence-corrected chi connectivity index (χ4v) is 1.99. The molecular weight excluding hydrogens is 230 g/mol. The van der Waals surface area contributed by atoms with E-state index in [0.717, 1.165) is 22.9 Å². The standard InChI is InChI=1S/C10H14BrNO/c1-7-2-4-9(7)12-6-8-3-5-10(11)13-8/h3,5,7,9,12H,2,4,6H2,1H3. The van der Waals surface area contributed by atoms with Crippen LogP contribution in [0.15, 0.2) is 21.2 Å². The molecule has 1 aliphatic rings. The van der Waals surface area contributed by atoms with Gasteiger partial charge in [0.25, 0.3) is 0 Å². The van der Waals surface area contributed by atoms with Gasteiger partial charge in [0.1, 0.15) is 5.76 Å². The monoisotopic (exact) mass is 243 g/mol. The molecule has 0 radical (unpaired) electrons. The smallest absolute Gasteiger partial charge is 0.169 e. The third-order valence-electron chi connectivity index (χ3n) is 2.79. The summed E-state index contributed by atoms with van der Waals surface area (Å²) in [7, 11) is 0. The maximum absolute atomic E-state index is 5.39. The Morgan fingerprint density at radius 1 is 1.54 bits per heavy atom. The second kappa shape index (κ2) is 3.84. The van der Waals surface area contributed by atoms with Crippen LogP contribution in [0.2, 0.25) is 0 Å². The Kier molecular flexibility index (Phi) is 2.74. The molecule has 2 unspecified atom stereocenters. The Morgan fingerprint density at radius 3 is 2.85 bits per heavy atom. The van der Waals surface area contributed by atoms with Gasteiger partial charge in [0.05, 0.1) is 6.54 Å². The molecule has 1 N–H and O–H groups in total. The van der Waals surface area contributed by atoms with Gasteiger partial charge in [-0.3, -0.25) is 0 Å². The van der Waals surface area contributed by atoms with Gasteiger partial charge in [0, 0.05) is 6.04 Å². The predicted molar refractivity (Wildman–Crippen MR) is 55.4 cm³/mol. The number of nitrogens with one attached hydrogen (secondary N) is 1. The van der Waals surface area contributed by atoms with E-state index < -0.39 is 0 Å². The molecule has 0 aliphatic heterocycles. The molecule has 72 valence electrons. The van der Waals surface area contributed by atoms with E-state index >= 15 is 0 Å². The molecule has 1 aliphatic carbocycles. The molecule has 1 aromatic heterocycles. The summed E-state index contributed by atoms with van der Waals surface area (Å²) in [5.41, 5.74) is 0. The van der Waals surface area contributed by atoms with Gasteiger partial charge >= 0.3 is 0 Å². The lowest BCUT2D eigenvalue weighted by atomic mass is 9.81. The molecule has 3 heteroatoms. The van der Waals surface area contributed by atoms with Crippen molar-refractivity contribution in [2.24, 2.45) is 5.92 Å². The molecule has 1 saturated carbocycles. The lowest BCUT2D eigenvalue weighted by molar-refractivity contribution is 0.223. The quantitative estimate of drug-likeness (QED) is 0.884. The number of rotatable bonds is 3. The van der Waals surface area contributed by atoms with Crippen molar-refractivity contribution >= 4 is 15.9 Å². The minimum absolute atomic E-state index is 0.698. The molecular formula is C10H14BrNO. The predicted octanol–water partition coefficient (Wildman–Crippen LogP) is 2.93. The summed E-state index contributed by atoms with van der Waals surface area (Å²) in [5, 5.41) is 3.48. The number of hydrogen-bond donors (Lipinski definition) is 1. The van der Waals surface area contributed by atoms with Gasteiger partial charge in [-0.15, -0.1) is 0 Å². The largest absolute Gasteiger partial charge is 0.453 e. The Labute approximate surface area is 86.8 Å². The summed E-state index contributed by atoms with van der Waals surface area (Å²) >= 11 is 3.29. The molecule has 0 spiro atoms. The van der Waals surface area contributed by atoms with Crippen molar-refractivity contribution in [2.75, 3.05) is 0 Å². The molecule has 1 fully saturated rings. The van der Waals surface area contributed by atoms with E-state index in [-0.39, 0.29) is 0 Å². The van der Waals surface area contributed by atoms with E-state index in [1.165, 1.54) is 12.8 Å². The zero-order valence-electron chi connectivity index (χ0n) is 7.72. The van der Waals surface area contributed by atoms with Gasteiger partial charge in [-0.05, 0) is 46.8 Å². The molecule has 2 nitrogen and oxygen atoms in total. The lowest BCUT2D eigenvalue weighted by Crippen LogP contribution is -2.41. The maximum Gasteiger partial charge on any atom is 0.169 e. The van der Waals surface area contributed by atoms with Gasteiger partial charge in [-0.2, -0.15) is 0 Å². The molecule has 2 atom stereocenters. The third kappa shape index (κ3) is 2.15. The highest BCUT2D eigenvalue weighted by Gasteiger charge is 2.25. The zero-order valence-corrected chi connectivity index (χ0v) is 9.30. The second-order valence-corrected chi connectivity index (χ2v) is 4.53. The van der Waals surface area contributed by atoms with Crippen LogP contribution < -0.4 is 5.32 Å². The van der Waals surface area contributed by atoms with Crippen molar-refractivity contribution in [1.82, 2.24) is 5.32 Å². The first-order valence-corrected chi connectivity index (χ1v) is 5.52. The first-order chi connectivity index (χ1) is 6.25. The Balaban J connectivity index is 1.79. The third-order valence-corrected chi connectivity index (χ3v) is 3.21. The van der Waals surface area contributed by atoms with Gasteiger partial charge in [0.15, 0.2) is 4.67 Å². The van der Waals surface area contributed by atoms with Crippen LogP contribution in [0, 0.1) is 5.92 Å². The Morgan fingerprint density at radius 2 is 2.38 bits per heavy atom. The van der Waals surface area contributed by atoms with Crippen molar-refractivity contribution in [3.63, 3.8) is 0 Å². The average molecular weight is 244 g/mol. The molecule has 0 bridgehead atoms. The van der Waals surface area contributed by atoms with E-state index in [9.17, 15) is 0 Å². The molecule has 13 heavy (non-hydrogen) atoms. The number of furan rings is 1. The van der Waals surface area contributed by atoms with E-state index in [0.29, 0.717) is 6.04 Å². The highest BCUT2D eigenvalue weighted by atomic mass is 79.9. The zero-order chi connectivity index (χ0) is 9.26. The van der Waals surface area contributed by atoms with Crippen LogP contribution in [0.1, 0.15) is 25.5 Å². The summed E-state index contributed by atoms with van der Waals surface area (Å²) in [6.07, 6.45) is 2.67. The van der Waals surface area contributed by atoms with Gasteiger partial charge in [-0.25, -0.2) is 0 Å². The Hall–Kier alpha value is -0.280. The van der Waals surface area contributed by atoms with Crippen LogP contribution in [0.25, 0.3) is 0 Å². The van der Waals surface area contributed by atoms with Crippen LogP contribution in [-0.2, 0) is 6.54 Å². The topological polar surface area (TPSA) is 25.2 Å². The first kappa shape index (κ1) is 9.28. The second-order valence-electron chi connectivity index (χ2n) is 3.75. The molecule has 0 aromatic carbocycles. The van der Waals surface area contributed by atoms with Gasteiger partial charge < -0.3 is 9.73 Å². The molecule has 1 aromatic rings. The Bertz CT molecular complexity index is 284. The first-order valence-electron chi connectivity index (χ1n) is 4.73. The van der Waals surface area contributed by atoms with Gasteiger partial charge in [-0.1, -0.05) is 6.92 Å². The van der Waals surface area contributed by atoms with E-state index in [4.69, 9.17) is 4.42 Å². The number of halogens is 1. The van der Waals surface area contributed by atoms with Crippen LogP contribution in [0.4, 0.5) is 0 Å². The molecule has 2 rings (SSSR count). The highest BCUT2D eigenvalue weighted by molar-refractivity contribution is 9.10. The van der Waals surface area contributed by atoms with Crippen molar-refractivity contribution in [3.8, 4) is 0 Å². The van der Waals surface area contributed by atoms with Crippen LogP contribution in [0.3, 0.4) is 0 Å². The van der Waals surface area contributed by atoms with Crippen molar-refractivity contribution in [1.29, 1.82) is 0 Å². The average Bonchev–Trinajstić information content (AvgIpc) is 2.49. The number of hydrogen-bond acceptors (Lipinski definition) is 2. The fourth-order valence-electron chi connectivity index (χ4n) is 1.65. The summed E-state index contributed by atoms with van der Waals surface area (Å²) in [6, 6.07) is 4.63. The fraction of sp³-hybridized carbons (Fsp3) is 0.600. The lowest BCUT2D eigenvalue weighted by Gasteiger charge is -2.34. The molecule has 0 saturated heterocycles. The van der Waals surface area contributed by atoms with E-state index in [2.05, 4.69) is 28.2 Å². The maximum atomic E-state index is 5.39. The van der Waals surface area contributed by atoms with Crippen LogP contribution >= 0.6 is 15.9 Å².